The minimum absolute atomic E-state index is 0.148. The zero-order valence-corrected chi connectivity index (χ0v) is 12.4. The van der Waals surface area contributed by atoms with Gasteiger partial charge in [0, 0.05) is 25.7 Å². The van der Waals surface area contributed by atoms with Crippen LogP contribution in [-0.2, 0) is 4.74 Å². The number of carbonyl (C=O) groups is 1. The monoisotopic (exact) mass is 268 g/mol. The van der Waals surface area contributed by atoms with Crippen molar-refractivity contribution in [2.24, 2.45) is 5.41 Å². The fourth-order valence-electron chi connectivity index (χ4n) is 3.17. The Morgan fingerprint density at radius 1 is 1.32 bits per heavy atom. The van der Waals surface area contributed by atoms with Crippen LogP contribution in [0.3, 0.4) is 0 Å². The van der Waals surface area contributed by atoms with E-state index in [1.807, 2.05) is 11.8 Å². The Hall–Kier alpha value is -0.770. The van der Waals surface area contributed by atoms with Gasteiger partial charge in [0.2, 0.25) is 0 Å². The molecule has 2 rings (SSSR count). The molecule has 0 spiro atoms. The van der Waals surface area contributed by atoms with Crippen LogP contribution in [0.25, 0.3) is 0 Å². The normalized spacial score (nSPS) is 22.9. The lowest BCUT2D eigenvalue weighted by Gasteiger charge is -2.43. The predicted octanol–water partition coefficient (Wildman–Crippen LogP) is 2.78. The largest absolute Gasteiger partial charge is 0.450 e. The van der Waals surface area contributed by atoms with Gasteiger partial charge in [-0.05, 0) is 44.4 Å². The smallest absolute Gasteiger partial charge is 0.409 e. The van der Waals surface area contributed by atoms with Crippen molar-refractivity contribution >= 4 is 6.09 Å². The van der Waals surface area contributed by atoms with Gasteiger partial charge in [-0.25, -0.2) is 4.79 Å². The minimum Gasteiger partial charge on any atom is -0.450 e. The van der Waals surface area contributed by atoms with Gasteiger partial charge in [0.15, 0.2) is 0 Å². The number of nitrogens with zero attached hydrogens (tertiary/aromatic N) is 1. The standard InChI is InChI=1S/C15H28N2O2/c1-3-15(8-5-9-15)12-16-13-6-10-17(11-7-13)14(18)19-4-2/h13,16H,3-12H2,1-2H3. The second-order valence-corrected chi connectivity index (χ2v) is 6.05. The third-order valence-corrected chi connectivity index (χ3v) is 4.95. The van der Waals surface area contributed by atoms with Crippen molar-refractivity contribution in [1.29, 1.82) is 0 Å². The van der Waals surface area contributed by atoms with Gasteiger partial charge in [-0.3, -0.25) is 0 Å². The summed E-state index contributed by atoms with van der Waals surface area (Å²) in [5.74, 6) is 0. The molecule has 0 bridgehead atoms. The van der Waals surface area contributed by atoms with E-state index in [1.165, 1.54) is 25.7 Å². The molecule has 1 aliphatic heterocycles. The molecule has 0 unspecified atom stereocenters. The van der Waals surface area contributed by atoms with E-state index in [9.17, 15) is 4.79 Å². The molecule has 0 aromatic heterocycles. The molecule has 4 heteroatoms. The first-order chi connectivity index (χ1) is 9.19. The van der Waals surface area contributed by atoms with Gasteiger partial charge in [-0.15, -0.1) is 0 Å². The van der Waals surface area contributed by atoms with Crippen molar-refractivity contribution < 1.29 is 9.53 Å². The van der Waals surface area contributed by atoms with E-state index in [2.05, 4.69) is 12.2 Å². The molecule has 1 N–H and O–H groups in total. The summed E-state index contributed by atoms with van der Waals surface area (Å²) in [5.41, 5.74) is 0.582. The Bertz CT molecular complexity index is 289. The highest BCUT2D eigenvalue weighted by Gasteiger charge is 2.35. The third-order valence-electron chi connectivity index (χ3n) is 4.95. The molecule has 1 amide bonds. The molecule has 110 valence electrons. The molecule has 19 heavy (non-hydrogen) atoms. The Kier molecular flexibility index (Phi) is 5.08. The van der Waals surface area contributed by atoms with Crippen LogP contribution in [0.4, 0.5) is 4.79 Å². The molecule has 4 nitrogen and oxygen atoms in total. The number of hydrogen-bond acceptors (Lipinski definition) is 3. The van der Waals surface area contributed by atoms with Crippen LogP contribution in [0.1, 0.15) is 52.4 Å². The summed E-state index contributed by atoms with van der Waals surface area (Å²) < 4.78 is 5.04. The number of hydrogen-bond donors (Lipinski definition) is 1. The maximum Gasteiger partial charge on any atom is 0.409 e. The number of piperidine rings is 1. The van der Waals surface area contributed by atoms with Gasteiger partial charge in [0.1, 0.15) is 0 Å². The zero-order valence-electron chi connectivity index (χ0n) is 12.4. The fraction of sp³-hybridized carbons (Fsp3) is 0.933. The molecule has 0 atom stereocenters. The summed E-state index contributed by atoms with van der Waals surface area (Å²) in [6.45, 7) is 7.45. The second kappa shape index (κ2) is 6.60. The van der Waals surface area contributed by atoms with Crippen molar-refractivity contribution in [3.8, 4) is 0 Å². The first kappa shape index (κ1) is 14.6. The number of nitrogens with one attached hydrogen (secondary N) is 1. The minimum atomic E-state index is -0.148. The summed E-state index contributed by atoms with van der Waals surface area (Å²) >= 11 is 0. The number of ether oxygens (including phenoxy) is 1. The Morgan fingerprint density at radius 2 is 2.00 bits per heavy atom. The van der Waals surface area contributed by atoms with E-state index in [0.29, 0.717) is 18.1 Å². The molecule has 0 radical (unpaired) electrons. The van der Waals surface area contributed by atoms with E-state index in [0.717, 1.165) is 32.5 Å². The van der Waals surface area contributed by atoms with Gasteiger partial charge >= 0.3 is 6.09 Å². The van der Waals surface area contributed by atoms with Gasteiger partial charge in [-0.1, -0.05) is 13.3 Å². The first-order valence-electron chi connectivity index (χ1n) is 7.84. The summed E-state index contributed by atoms with van der Waals surface area (Å²) in [6.07, 6.45) is 7.43. The highest BCUT2D eigenvalue weighted by molar-refractivity contribution is 5.67. The fourth-order valence-corrected chi connectivity index (χ4v) is 3.17. The van der Waals surface area contributed by atoms with Gasteiger partial charge in [0.25, 0.3) is 0 Å². The summed E-state index contributed by atoms with van der Waals surface area (Å²) in [6, 6.07) is 0.578. The van der Waals surface area contributed by atoms with Gasteiger partial charge < -0.3 is 15.0 Å². The van der Waals surface area contributed by atoms with Crippen LogP contribution in [0.5, 0.6) is 0 Å². The number of likely N-dealkylation sites (tertiary alicyclic amines) is 1. The van der Waals surface area contributed by atoms with E-state index < -0.39 is 0 Å². The molecule has 0 aromatic rings. The Labute approximate surface area is 116 Å². The average Bonchev–Trinajstić information content (AvgIpc) is 2.39. The maximum atomic E-state index is 11.6. The van der Waals surface area contributed by atoms with Crippen molar-refractivity contribution in [2.45, 2.75) is 58.4 Å². The molecule has 1 aliphatic carbocycles. The Balaban J connectivity index is 1.67. The van der Waals surface area contributed by atoms with Crippen molar-refractivity contribution in [1.82, 2.24) is 10.2 Å². The second-order valence-electron chi connectivity index (χ2n) is 6.05. The van der Waals surface area contributed by atoms with Gasteiger partial charge in [-0.2, -0.15) is 0 Å². The van der Waals surface area contributed by atoms with Crippen LogP contribution < -0.4 is 5.32 Å². The van der Waals surface area contributed by atoms with Crippen LogP contribution in [0, 0.1) is 5.41 Å². The summed E-state index contributed by atoms with van der Waals surface area (Å²) in [5, 5.41) is 3.73. The first-order valence-corrected chi connectivity index (χ1v) is 7.84. The highest BCUT2D eigenvalue weighted by Crippen LogP contribution is 2.43. The zero-order chi connectivity index (χ0) is 13.7. The quantitative estimate of drug-likeness (QED) is 0.833. The highest BCUT2D eigenvalue weighted by atomic mass is 16.6. The molecule has 2 fully saturated rings. The van der Waals surface area contributed by atoms with Gasteiger partial charge in [0.05, 0.1) is 6.61 Å². The van der Waals surface area contributed by atoms with Crippen molar-refractivity contribution in [2.75, 3.05) is 26.2 Å². The number of rotatable bonds is 5. The lowest BCUT2D eigenvalue weighted by atomic mass is 9.67. The lowest BCUT2D eigenvalue weighted by Crippen LogP contribution is -2.49. The maximum absolute atomic E-state index is 11.6. The third kappa shape index (κ3) is 3.62. The van der Waals surface area contributed by atoms with Crippen molar-refractivity contribution in [3.63, 3.8) is 0 Å². The van der Waals surface area contributed by atoms with Crippen LogP contribution in [0.2, 0.25) is 0 Å². The van der Waals surface area contributed by atoms with Crippen LogP contribution >= 0.6 is 0 Å². The molecule has 1 saturated heterocycles. The van der Waals surface area contributed by atoms with E-state index >= 15 is 0 Å². The molecule has 1 saturated carbocycles. The topological polar surface area (TPSA) is 41.6 Å². The van der Waals surface area contributed by atoms with Crippen LogP contribution in [0.15, 0.2) is 0 Å². The Morgan fingerprint density at radius 3 is 2.47 bits per heavy atom. The molecule has 1 heterocycles. The summed E-state index contributed by atoms with van der Waals surface area (Å²) in [7, 11) is 0. The molecule has 0 aromatic carbocycles. The molecular formula is C15H28N2O2. The molecular weight excluding hydrogens is 240 g/mol. The lowest BCUT2D eigenvalue weighted by molar-refractivity contribution is 0.0869. The summed E-state index contributed by atoms with van der Waals surface area (Å²) in [4.78, 5) is 13.4. The van der Waals surface area contributed by atoms with E-state index in [-0.39, 0.29) is 6.09 Å². The number of carbonyl (C=O) groups excluding carboxylic acids is 1. The van der Waals surface area contributed by atoms with Crippen LogP contribution in [-0.4, -0.2) is 43.3 Å². The molecule has 2 aliphatic rings. The number of amides is 1. The SMILES string of the molecule is CCOC(=O)N1CCC(NCC2(CC)CCC2)CC1. The van der Waals surface area contributed by atoms with Crippen molar-refractivity contribution in [3.05, 3.63) is 0 Å². The average molecular weight is 268 g/mol. The van der Waals surface area contributed by atoms with E-state index in [4.69, 9.17) is 4.74 Å². The van der Waals surface area contributed by atoms with E-state index in [1.54, 1.807) is 0 Å². The predicted molar refractivity (Wildman–Crippen MR) is 76.2 cm³/mol.